The van der Waals surface area contributed by atoms with Crippen molar-refractivity contribution in [2.45, 2.75) is 32.2 Å². The van der Waals surface area contributed by atoms with Gasteiger partial charge in [-0.05, 0) is 31.5 Å². The van der Waals surface area contributed by atoms with Crippen molar-refractivity contribution < 1.29 is 28.8 Å². The van der Waals surface area contributed by atoms with Gasteiger partial charge in [0.2, 0.25) is 0 Å². The van der Waals surface area contributed by atoms with Crippen LogP contribution in [0.1, 0.15) is 39.4 Å². The van der Waals surface area contributed by atoms with Crippen molar-refractivity contribution in [2.24, 2.45) is 0 Å². The van der Waals surface area contributed by atoms with E-state index in [4.69, 9.17) is 9.47 Å². The van der Waals surface area contributed by atoms with Gasteiger partial charge < -0.3 is 14.8 Å². The smallest absolute Gasteiger partial charge is 0.329 e. The fraction of sp³-hybridized carbons (Fsp3) is 0.318. The highest BCUT2D eigenvalue weighted by molar-refractivity contribution is 5.97. The number of ether oxygens (including phenoxy) is 2. The highest BCUT2D eigenvalue weighted by atomic mass is 16.6. The quantitative estimate of drug-likeness (QED) is 0.389. The molecule has 31 heavy (non-hydrogen) atoms. The fourth-order valence-electron chi connectivity index (χ4n) is 3.32. The zero-order valence-corrected chi connectivity index (χ0v) is 17.7. The van der Waals surface area contributed by atoms with Gasteiger partial charge in [0.15, 0.2) is 0 Å². The monoisotopic (exact) mass is 428 g/mol. The van der Waals surface area contributed by atoms with Crippen molar-refractivity contribution in [3.8, 4) is 0 Å². The molecule has 2 aromatic rings. The van der Waals surface area contributed by atoms with Gasteiger partial charge in [0.05, 0.1) is 25.6 Å². The molecule has 0 aliphatic heterocycles. The van der Waals surface area contributed by atoms with Gasteiger partial charge in [0, 0.05) is 23.6 Å². The Balaban J connectivity index is 2.44. The molecular weight excluding hydrogens is 404 g/mol. The third kappa shape index (κ3) is 6.11. The molecule has 0 bridgehead atoms. The van der Waals surface area contributed by atoms with Crippen LogP contribution in [-0.2, 0) is 19.1 Å². The van der Waals surface area contributed by atoms with Crippen molar-refractivity contribution in [2.75, 3.05) is 14.2 Å². The predicted octanol–water partition coefficient (Wildman–Crippen LogP) is 2.83. The van der Waals surface area contributed by atoms with Crippen LogP contribution in [0, 0.1) is 24.0 Å². The Bertz CT molecular complexity index is 966. The third-order valence-electron chi connectivity index (χ3n) is 4.77. The lowest BCUT2D eigenvalue weighted by Gasteiger charge is -2.26. The molecule has 2 aromatic carbocycles. The molecule has 0 aromatic heterocycles. The Morgan fingerprint density at radius 1 is 1.00 bits per heavy atom. The van der Waals surface area contributed by atoms with Crippen LogP contribution in [0.3, 0.4) is 0 Å². The molecule has 1 N–H and O–H groups in total. The number of hydrogen-bond donors (Lipinski definition) is 1. The summed E-state index contributed by atoms with van der Waals surface area (Å²) in [6, 6.07) is 9.44. The van der Waals surface area contributed by atoms with Crippen LogP contribution >= 0.6 is 0 Å². The van der Waals surface area contributed by atoms with Crippen molar-refractivity contribution in [1.82, 2.24) is 5.32 Å². The summed E-state index contributed by atoms with van der Waals surface area (Å²) in [5.74, 6) is -2.75. The lowest BCUT2D eigenvalue weighted by Crippen LogP contribution is -2.46. The molecule has 2 rings (SSSR count). The number of carbonyl (C=O) groups excluding carboxylic acids is 3. The van der Waals surface area contributed by atoms with Gasteiger partial charge in [0.25, 0.3) is 11.6 Å². The summed E-state index contributed by atoms with van der Waals surface area (Å²) in [5, 5.41) is 13.6. The molecular formula is C22H24N2O7. The number of hydrogen-bond acceptors (Lipinski definition) is 7. The standard InChI is InChI=1S/C22H24N2O7/c1-13-9-14(2)11-16(10-13)21(26)23-20(22(27)31-4)18(12-19(25)30-3)15-5-7-17(8-6-15)24(28)29/h5-11,18,20H,12H2,1-4H3,(H,23,26)/t18-,20-/m1/s1. The zero-order valence-electron chi connectivity index (χ0n) is 17.7. The maximum atomic E-state index is 12.9. The summed E-state index contributed by atoms with van der Waals surface area (Å²) in [4.78, 5) is 47.9. The molecule has 1 amide bonds. The van der Waals surface area contributed by atoms with E-state index in [-0.39, 0.29) is 12.1 Å². The Labute approximate surface area is 179 Å². The molecule has 0 radical (unpaired) electrons. The lowest BCUT2D eigenvalue weighted by molar-refractivity contribution is -0.384. The molecule has 0 fully saturated rings. The van der Waals surface area contributed by atoms with Crippen molar-refractivity contribution in [1.29, 1.82) is 0 Å². The van der Waals surface area contributed by atoms with Crippen LogP contribution in [0.2, 0.25) is 0 Å². The van der Waals surface area contributed by atoms with Crippen LogP contribution in [-0.4, -0.2) is 43.0 Å². The van der Waals surface area contributed by atoms with Gasteiger partial charge in [-0.1, -0.05) is 29.3 Å². The summed E-state index contributed by atoms with van der Waals surface area (Å²) < 4.78 is 9.60. The first-order chi connectivity index (χ1) is 14.7. The summed E-state index contributed by atoms with van der Waals surface area (Å²) in [7, 11) is 2.37. The summed E-state index contributed by atoms with van der Waals surface area (Å²) in [5.41, 5.74) is 2.40. The number of rotatable bonds is 8. The molecule has 0 saturated carbocycles. The first kappa shape index (κ1) is 23.5. The van der Waals surface area contributed by atoms with E-state index in [0.29, 0.717) is 11.1 Å². The maximum absolute atomic E-state index is 12.9. The predicted molar refractivity (Wildman–Crippen MR) is 112 cm³/mol. The summed E-state index contributed by atoms with van der Waals surface area (Å²) in [6.45, 7) is 3.69. The number of methoxy groups -OCH3 is 2. The van der Waals surface area contributed by atoms with Crippen LogP contribution in [0.15, 0.2) is 42.5 Å². The van der Waals surface area contributed by atoms with Crippen LogP contribution < -0.4 is 5.32 Å². The molecule has 0 heterocycles. The summed E-state index contributed by atoms with van der Waals surface area (Å²) >= 11 is 0. The Morgan fingerprint density at radius 2 is 1.58 bits per heavy atom. The number of aryl methyl sites for hydroxylation is 2. The minimum absolute atomic E-state index is 0.144. The van der Waals surface area contributed by atoms with Crippen LogP contribution in [0.5, 0.6) is 0 Å². The fourth-order valence-corrected chi connectivity index (χ4v) is 3.32. The van der Waals surface area contributed by atoms with Crippen molar-refractivity contribution >= 4 is 23.5 Å². The topological polar surface area (TPSA) is 125 Å². The zero-order chi connectivity index (χ0) is 23.1. The molecule has 0 saturated heterocycles. The molecule has 164 valence electrons. The molecule has 9 nitrogen and oxygen atoms in total. The van der Waals surface area contributed by atoms with Gasteiger partial charge in [-0.2, -0.15) is 0 Å². The maximum Gasteiger partial charge on any atom is 0.329 e. The van der Waals surface area contributed by atoms with E-state index in [2.05, 4.69) is 5.32 Å². The molecule has 0 spiro atoms. The van der Waals surface area contributed by atoms with E-state index in [1.54, 1.807) is 12.1 Å². The minimum atomic E-state index is -1.22. The van der Waals surface area contributed by atoms with Crippen LogP contribution in [0.25, 0.3) is 0 Å². The highest BCUT2D eigenvalue weighted by Crippen LogP contribution is 2.27. The van der Waals surface area contributed by atoms with Gasteiger partial charge in [-0.3, -0.25) is 19.7 Å². The van der Waals surface area contributed by atoms with Gasteiger partial charge in [-0.25, -0.2) is 4.79 Å². The lowest BCUT2D eigenvalue weighted by atomic mass is 9.88. The number of benzene rings is 2. The third-order valence-corrected chi connectivity index (χ3v) is 4.77. The average molecular weight is 428 g/mol. The summed E-state index contributed by atoms with van der Waals surface area (Å²) in [6.07, 6.45) is -0.249. The number of nitro benzene ring substituents is 1. The number of amides is 1. The van der Waals surface area contributed by atoms with E-state index in [1.807, 2.05) is 19.9 Å². The second-order valence-corrected chi connectivity index (χ2v) is 7.09. The van der Waals surface area contributed by atoms with E-state index in [0.717, 1.165) is 11.1 Å². The Morgan fingerprint density at radius 3 is 2.06 bits per heavy atom. The molecule has 0 aliphatic carbocycles. The van der Waals surface area contributed by atoms with E-state index in [1.165, 1.54) is 38.5 Å². The second-order valence-electron chi connectivity index (χ2n) is 7.09. The van der Waals surface area contributed by atoms with Gasteiger partial charge in [-0.15, -0.1) is 0 Å². The Hall–Kier alpha value is -3.75. The van der Waals surface area contributed by atoms with E-state index < -0.39 is 34.7 Å². The number of esters is 2. The van der Waals surface area contributed by atoms with E-state index in [9.17, 15) is 24.5 Å². The largest absolute Gasteiger partial charge is 0.469 e. The molecule has 0 unspecified atom stereocenters. The Kier molecular flexibility index (Phi) is 7.84. The van der Waals surface area contributed by atoms with Gasteiger partial charge in [0.1, 0.15) is 6.04 Å². The molecule has 0 aliphatic rings. The van der Waals surface area contributed by atoms with Crippen molar-refractivity contribution in [3.63, 3.8) is 0 Å². The number of carbonyl (C=O) groups is 3. The SMILES string of the molecule is COC(=O)C[C@H](c1ccc([N+](=O)[O-])cc1)[C@@H](NC(=O)c1cc(C)cc(C)c1)C(=O)OC. The normalized spacial score (nSPS) is 12.4. The molecule has 2 atom stereocenters. The van der Waals surface area contributed by atoms with Gasteiger partial charge >= 0.3 is 11.9 Å². The highest BCUT2D eigenvalue weighted by Gasteiger charge is 2.34. The van der Waals surface area contributed by atoms with Crippen molar-refractivity contribution in [3.05, 3.63) is 74.8 Å². The minimum Gasteiger partial charge on any atom is -0.469 e. The number of nitrogens with one attached hydrogen (secondary N) is 1. The van der Waals surface area contributed by atoms with Crippen LogP contribution in [0.4, 0.5) is 5.69 Å². The number of nitrogens with zero attached hydrogens (tertiary/aromatic N) is 1. The molecule has 9 heteroatoms. The number of nitro groups is 1. The average Bonchev–Trinajstić information content (AvgIpc) is 2.74. The second kappa shape index (κ2) is 10.3. The number of non-ortho nitro benzene ring substituents is 1. The van der Waals surface area contributed by atoms with E-state index >= 15 is 0 Å². The first-order valence-corrected chi connectivity index (χ1v) is 9.44. The first-order valence-electron chi connectivity index (χ1n) is 9.44.